The molecule has 0 aliphatic heterocycles. The molecule has 18 heavy (non-hydrogen) atoms. The van der Waals surface area contributed by atoms with Gasteiger partial charge in [0.25, 0.3) is 0 Å². The third kappa shape index (κ3) is 2.90. The van der Waals surface area contributed by atoms with E-state index in [1.165, 1.54) is 5.56 Å². The second-order valence-corrected chi connectivity index (χ2v) is 6.33. The van der Waals surface area contributed by atoms with E-state index in [0.717, 1.165) is 10.8 Å². The van der Waals surface area contributed by atoms with Crippen LogP contribution in [-0.2, 0) is 0 Å². The van der Waals surface area contributed by atoms with Crippen LogP contribution in [0.3, 0.4) is 0 Å². The molecule has 1 aromatic heterocycles. The number of nitrogens with zero attached hydrogens (tertiary/aromatic N) is 4. The van der Waals surface area contributed by atoms with E-state index >= 15 is 0 Å². The summed E-state index contributed by atoms with van der Waals surface area (Å²) < 4.78 is 1.79. The van der Waals surface area contributed by atoms with Gasteiger partial charge in [-0.3, -0.25) is 0 Å². The monoisotopic (exact) mass is 262 g/mol. The molecule has 2 rings (SSSR count). The average molecular weight is 262 g/mol. The van der Waals surface area contributed by atoms with Gasteiger partial charge in [0, 0.05) is 5.25 Å². The Hall–Kier alpha value is -1.36. The van der Waals surface area contributed by atoms with Crippen molar-refractivity contribution in [1.29, 1.82) is 0 Å². The van der Waals surface area contributed by atoms with Crippen LogP contribution in [0.15, 0.2) is 29.4 Å². The summed E-state index contributed by atoms with van der Waals surface area (Å²) in [6.07, 6.45) is 0. The fourth-order valence-electron chi connectivity index (χ4n) is 1.63. The lowest BCUT2D eigenvalue weighted by Crippen LogP contribution is -2.01. The largest absolute Gasteiger partial charge is 0.214 e. The summed E-state index contributed by atoms with van der Waals surface area (Å²) in [4.78, 5) is 0. The molecule has 0 aliphatic carbocycles. The fourth-order valence-corrected chi connectivity index (χ4v) is 2.37. The molecule has 0 radical (unpaired) electrons. The van der Waals surface area contributed by atoms with Crippen molar-refractivity contribution in [2.75, 3.05) is 0 Å². The topological polar surface area (TPSA) is 43.6 Å². The number of aromatic nitrogens is 4. The summed E-state index contributed by atoms with van der Waals surface area (Å²) in [5.41, 5.74) is 2.33. The van der Waals surface area contributed by atoms with Crippen LogP contribution >= 0.6 is 11.8 Å². The Balaban J connectivity index is 2.28. The third-order valence-corrected chi connectivity index (χ3v) is 3.52. The Bertz CT molecular complexity index is 502. The second-order valence-electron chi connectivity index (χ2n) is 4.79. The van der Waals surface area contributed by atoms with Crippen molar-refractivity contribution in [3.63, 3.8) is 0 Å². The lowest BCUT2D eigenvalue weighted by atomic mass is 10.0. The minimum Gasteiger partial charge on any atom is -0.188 e. The SMILES string of the molecule is CC(C)Sc1nnnn1-c1ccc(C(C)C)cc1. The predicted molar refractivity (Wildman–Crippen MR) is 74.2 cm³/mol. The quantitative estimate of drug-likeness (QED) is 0.793. The summed E-state index contributed by atoms with van der Waals surface area (Å²) >= 11 is 1.66. The second kappa shape index (κ2) is 5.52. The van der Waals surface area contributed by atoms with Gasteiger partial charge in [-0.05, 0) is 34.0 Å². The van der Waals surface area contributed by atoms with Gasteiger partial charge in [0.2, 0.25) is 5.16 Å². The van der Waals surface area contributed by atoms with Crippen molar-refractivity contribution < 1.29 is 0 Å². The maximum absolute atomic E-state index is 4.06. The van der Waals surface area contributed by atoms with Crippen LogP contribution in [0.25, 0.3) is 5.69 Å². The van der Waals surface area contributed by atoms with E-state index in [1.54, 1.807) is 16.4 Å². The maximum atomic E-state index is 4.06. The van der Waals surface area contributed by atoms with Crippen molar-refractivity contribution in [3.8, 4) is 5.69 Å². The van der Waals surface area contributed by atoms with E-state index in [0.29, 0.717) is 11.2 Å². The van der Waals surface area contributed by atoms with Crippen LogP contribution < -0.4 is 0 Å². The molecule has 0 bridgehead atoms. The summed E-state index contributed by atoms with van der Waals surface area (Å²) in [6.45, 7) is 8.63. The summed E-state index contributed by atoms with van der Waals surface area (Å²) in [7, 11) is 0. The smallest absolute Gasteiger partial charge is 0.188 e. The Morgan fingerprint density at radius 3 is 2.28 bits per heavy atom. The first kappa shape index (κ1) is 13.1. The summed E-state index contributed by atoms with van der Waals surface area (Å²) in [5.74, 6) is 0.539. The highest BCUT2D eigenvalue weighted by Gasteiger charge is 2.10. The molecule has 2 aromatic rings. The molecule has 0 fully saturated rings. The number of hydrogen-bond acceptors (Lipinski definition) is 4. The Kier molecular flexibility index (Phi) is 4.01. The molecule has 0 spiro atoms. The lowest BCUT2D eigenvalue weighted by molar-refractivity contribution is 0.753. The number of benzene rings is 1. The van der Waals surface area contributed by atoms with Crippen LogP contribution in [0.4, 0.5) is 0 Å². The van der Waals surface area contributed by atoms with Crippen molar-refractivity contribution in [3.05, 3.63) is 29.8 Å². The van der Waals surface area contributed by atoms with E-state index < -0.39 is 0 Å². The van der Waals surface area contributed by atoms with Crippen molar-refractivity contribution in [1.82, 2.24) is 20.2 Å². The maximum Gasteiger partial charge on any atom is 0.214 e. The highest BCUT2D eigenvalue weighted by Crippen LogP contribution is 2.23. The zero-order valence-corrected chi connectivity index (χ0v) is 12.0. The van der Waals surface area contributed by atoms with Gasteiger partial charge in [-0.15, -0.1) is 5.10 Å². The van der Waals surface area contributed by atoms with E-state index in [-0.39, 0.29) is 0 Å². The van der Waals surface area contributed by atoms with Gasteiger partial charge in [0.1, 0.15) is 0 Å². The van der Waals surface area contributed by atoms with Gasteiger partial charge in [0.15, 0.2) is 0 Å². The lowest BCUT2D eigenvalue weighted by Gasteiger charge is -2.08. The molecule has 1 aromatic carbocycles. The minimum atomic E-state index is 0.463. The molecule has 0 atom stereocenters. The van der Waals surface area contributed by atoms with Crippen molar-refractivity contribution in [2.45, 2.75) is 44.0 Å². The summed E-state index contributed by atoms with van der Waals surface area (Å²) in [5, 5.41) is 13.2. The molecule has 0 unspecified atom stereocenters. The van der Waals surface area contributed by atoms with Gasteiger partial charge in [0.05, 0.1) is 5.69 Å². The standard InChI is InChI=1S/C13H18N4S/c1-9(2)11-5-7-12(8-6-11)17-13(14-15-16-17)18-10(3)4/h5-10H,1-4H3. The van der Waals surface area contributed by atoms with Crippen LogP contribution in [0, 0.1) is 0 Å². The van der Waals surface area contributed by atoms with Gasteiger partial charge >= 0.3 is 0 Å². The highest BCUT2D eigenvalue weighted by molar-refractivity contribution is 7.99. The Morgan fingerprint density at radius 2 is 1.72 bits per heavy atom. The Morgan fingerprint density at radius 1 is 1.06 bits per heavy atom. The van der Waals surface area contributed by atoms with Gasteiger partial charge < -0.3 is 0 Å². The number of hydrogen-bond donors (Lipinski definition) is 0. The molecular weight excluding hydrogens is 244 g/mol. The average Bonchev–Trinajstić information content (AvgIpc) is 2.76. The van der Waals surface area contributed by atoms with Crippen LogP contribution in [0.5, 0.6) is 0 Å². The minimum absolute atomic E-state index is 0.463. The molecule has 1 heterocycles. The van der Waals surface area contributed by atoms with Gasteiger partial charge in [-0.1, -0.05) is 51.6 Å². The zero-order chi connectivity index (χ0) is 13.1. The first-order valence-corrected chi connectivity index (χ1v) is 7.01. The van der Waals surface area contributed by atoms with Gasteiger partial charge in [-0.25, -0.2) is 0 Å². The molecule has 0 saturated heterocycles. The van der Waals surface area contributed by atoms with Crippen molar-refractivity contribution in [2.24, 2.45) is 0 Å². The zero-order valence-electron chi connectivity index (χ0n) is 11.2. The number of tetrazole rings is 1. The Labute approximate surface area is 112 Å². The van der Waals surface area contributed by atoms with Gasteiger partial charge in [-0.2, -0.15) is 4.68 Å². The van der Waals surface area contributed by atoms with E-state index in [2.05, 4.69) is 67.5 Å². The molecule has 0 N–H and O–H groups in total. The normalized spacial score (nSPS) is 11.4. The third-order valence-electron chi connectivity index (χ3n) is 2.59. The van der Waals surface area contributed by atoms with Crippen LogP contribution in [0.1, 0.15) is 39.2 Å². The highest BCUT2D eigenvalue weighted by atomic mass is 32.2. The molecule has 4 nitrogen and oxygen atoms in total. The van der Waals surface area contributed by atoms with E-state index in [9.17, 15) is 0 Å². The number of thioether (sulfide) groups is 1. The van der Waals surface area contributed by atoms with E-state index in [1.807, 2.05) is 0 Å². The van der Waals surface area contributed by atoms with E-state index in [4.69, 9.17) is 0 Å². The van der Waals surface area contributed by atoms with Crippen LogP contribution in [-0.4, -0.2) is 25.5 Å². The first-order valence-electron chi connectivity index (χ1n) is 6.13. The fraction of sp³-hybridized carbons (Fsp3) is 0.462. The molecule has 0 amide bonds. The molecule has 0 saturated carbocycles. The number of rotatable bonds is 4. The predicted octanol–water partition coefficient (Wildman–Crippen LogP) is 3.29. The van der Waals surface area contributed by atoms with Crippen molar-refractivity contribution >= 4 is 11.8 Å². The molecule has 0 aliphatic rings. The molecule has 5 heteroatoms. The summed E-state index contributed by atoms with van der Waals surface area (Å²) in [6, 6.07) is 8.39. The first-order chi connectivity index (χ1) is 8.58. The van der Waals surface area contributed by atoms with Crippen LogP contribution in [0.2, 0.25) is 0 Å². The molecule has 96 valence electrons. The molecular formula is C13H18N4S.